The van der Waals surface area contributed by atoms with E-state index >= 15 is 0 Å². The Labute approximate surface area is 133 Å². The Bertz CT molecular complexity index is 450. The summed E-state index contributed by atoms with van der Waals surface area (Å²) in [6, 6.07) is 0. The van der Waals surface area contributed by atoms with Crippen LogP contribution in [0.4, 0.5) is 0 Å². The summed E-state index contributed by atoms with van der Waals surface area (Å²) in [7, 11) is 0. The van der Waals surface area contributed by atoms with Crippen molar-refractivity contribution in [3.8, 4) is 0 Å². The second-order valence-electron chi connectivity index (χ2n) is 6.73. The highest BCUT2D eigenvalue weighted by molar-refractivity contribution is 9.09. The van der Waals surface area contributed by atoms with Gasteiger partial charge < -0.3 is 0 Å². The van der Waals surface area contributed by atoms with Crippen LogP contribution in [0.15, 0.2) is 0 Å². The van der Waals surface area contributed by atoms with E-state index < -0.39 is 0 Å². The van der Waals surface area contributed by atoms with Crippen LogP contribution >= 0.6 is 15.9 Å². The fraction of sp³-hybridized carbons (Fsp3) is 0.684. The summed E-state index contributed by atoms with van der Waals surface area (Å²) in [5.74, 6) is 1.76. The highest BCUT2D eigenvalue weighted by Crippen LogP contribution is 2.41. The van der Waals surface area contributed by atoms with Crippen molar-refractivity contribution in [3.63, 3.8) is 0 Å². The van der Waals surface area contributed by atoms with E-state index in [4.69, 9.17) is 0 Å². The second-order valence-corrected chi connectivity index (χ2v) is 7.53. The van der Waals surface area contributed by atoms with E-state index in [1.54, 1.807) is 16.7 Å². The molecule has 0 heterocycles. The molecule has 0 amide bonds. The highest BCUT2D eigenvalue weighted by atomic mass is 79.9. The van der Waals surface area contributed by atoms with Crippen LogP contribution in [0, 0.1) is 40.5 Å². The Hall–Kier alpha value is -0.300. The van der Waals surface area contributed by atoms with Crippen molar-refractivity contribution >= 4 is 15.9 Å². The van der Waals surface area contributed by atoms with Gasteiger partial charge in [-0.15, -0.1) is 0 Å². The molecule has 20 heavy (non-hydrogen) atoms. The molecule has 1 heteroatoms. The topological polar surface area (TPSA) is 0 Å². The molecule has 0 spiro atoms. The minimum atomic E-state index is 0.805. The van der Waals surface area contributed by atoms with E-state index in [2.05, 4.69) is 50.5 Å². The largest absolute Gasteiger partial charge is 0.0928 e. The van der Waals surface area contributed by atoms with E-state index in [-0.39, 0.29) is 0 Å². The van der Waals surface area contributed by atoms with E-state index in [1.165, 1.54) is 54.1 Å². The summed E-state index contributed by atoms with van der Waals surface area (Å²) >= 11 is 3.60. The Morgan fingerprint density at radius 3 is 1.65 bits per heavy atom. The molecule has 0 atom stereocenters. The molecule has 1 fully saturated rings. The van der Waals surface area contributed by atoms with Crippen molar-refractivity contribution in [1.29, 1.82) is 0 Å². The van der Waals surface area contributed by atoms with E-state index in [1.807, 2.05) is 0 Å². The van der Waals surface area contributed by atoms with Gasteiger partial charge in [0, 0.05) is 5.33 Å². The summed E-state index contributed by atoms with van der Waals surface area (Å²) in [6.07, 6.45) is 6.97. The molecule has 0 radical (unpaired) electrons. The molecular formula is C19H29Br. The predicted molar refractivity (Wildman–Crippen MR) is 93.2 cm³/mol. The fourth-order valence-corrected chi connectivity index (χ4v) is 4.68. The van der Waals surface area contributed by atoms with Gasteiger partial charge >= 0.3 is 0 Å². The minimum Gasteiger partial charge on any atom is -0.0928 e. The lowest BCUT2D eigenvalue weighted by molar-refractivity contribution is 0.319. The van der Waals surface area contributed by atoms with Crippen LogP contribution in [-0.2, 0) is 0 Å². The molecule has 0 aromatic heterocycles. The molecule has 1 saturated carbocycles. The average Bonchev–Trinajstić information content (AvgIpc) is 2.45. The van der Waals surface area contributed by atoms with Crippen LogP contribution in [0.5, 0.6) is 0 Å². The molecule has 0 N–H and O–H groups in total. The summed E-state index contributed by atoms with van der Waals surface area (Å²) in [6.45, 7) is 11.6. The molecule has 0 saturated heterocycles. The maximum Gasteiger partial charge on any atom is 0.00339 e. The van der Waals surface area contributed by atoms with Crippen molar-refractivity contribution in [2.75, 3.05) is 5.33 Å². The average molecular weight is 337 g/mol. The molecule has 1 aliphatic rings. The van der Waals surface area contributed by atoms with Gasteiger partial charge in [0.25, 0.3) is 0 Å². The molecule has 0 aliphatic heterocycles. The van der Waals surface area contributed by atoms with Crippen LogP contribution in [0.3, 0.4) is 0 Å². The van der Waals surface area contributed by atoms with Gasteiger partial charge in [0.15, 0.2) is 0 Å². The molecule has 0 unspecified atom stereocenters. The number of benzene rings is 1. The monoisotopic (exact) mass is 336 g/mol. The van der Waals surface area contributed by atoms with E-state index in [0.29, 0.717) is 0 Å². The first kappa shape index (κ1) is 16.1. The van der Waals surface area contributed by atoms with Crippen LogP contribution in [0.1, 0.15) is 71.4 Å². The molecule has 1 aromatic rings. The summed E-state index contributed by atoms with van der Waals surface area (Å²) < 4.78 is 0. The van der Waals surface area contributed by atoms with Gasteiger partial charge in [-0.25, -0.2) is 0 Å². The lowest BCUT2D eigenvalue weighted by Gasteiger charge is -2.32. The number of hydrogen-bond acceptors (Lipinski definition) is 0. The first-order valence-electron chi connectivity index (χ1n) is 8.10. The highest BCUT2D eigenvalue weighted by Gasteiger charge is 2.25. The smallest absolute Gasteiger partial charge is 0.00339 e. The number of hydrogen-bond donors (Lipinski definition) is 0. The fourth-order valence-electron chi connectivity index (χ4n) is 4.04. The molecule has 0 nitrogen and oxygen atoms in total. The van der Waals surface area contributed by atoms with Gasteiger partial charge in [-0.05, 0) is 112 Å². The third-order valence-electron chi connectivity index (χ3n) is 5.83. The molecular weight excluding hydrogens is 308 g/mol. The van der Waals surface area contributed by atoms with E-state index in [9.17, 15) is 0 Å². The SMILES string of the molecule is Cc1c(C)c(C)c(C2CCC(CCBr)CC2)c(C)c1C. The van der Waals surface area contributed by atoms with Crippen LogP contribution < -0.4 is 0 Å². The lowest BCUT2D eigenvalue weighted by Crippen LogP contribution is -2.16. The zero-order valence-electron chi connectivity index (χ0n) is 13.8. The van der Waals surface area contributed by atoms with Crippen molar-refractivity contribution in [2.24, 2.45) is 5.92 Å². The molecule has 2 rings (SSSR count). The number of alkyl halides is 1. The standard InChI is InChI=1S/C19H29Br/c1-12-13(2)15(4)19(16(5)14(12)3)18-8-6-17(7-9-18)10-11-20/h17-18H,6-11H2,1-5H3. The number of rotatable bonds is 3. The van der Waals surface area contributed by atoms with Gasteiger partial charge in [0.2, 0.25) is 0 Å². The van der Waals surface area contributed by atoms with Gasteiger partial charge in [-0.1, -0.05) is 15.9 Å². The third-order valence-corrected chi connectivity index (χ3v) is 6.29. The third kappa shape index (κ3) is 2.98. The lowest BCUT2D eigenvalue weighted by atomic mass is 9.74. The van der Waals surface area contributed by atoms with Crippen molar-refractivity contribution in [3.05, 3.63) is 33.4 Å². The maximum absolute atomic E-state index is 3.60. The van der Waals surface area contributed by atoms with Crippen LogP contribution in [0.25, 0.3) is 0 Å². The zero-order valence-corrected chi connectivity index (χ0v) is 15.4. The van der Waals surface area contributed by atoms with Crippen molar-refractivity contribution in [1.82, 2.24) is 0 Å². The summed E-state index contributed by atoms with van der Waals surface area (Å²) in [4.78, 5) is 0. The van der Waals surface area contributed by atoms with Crippen LogP contribution in [0.2, 0.25) is 0 Å². The first-order chi connectivity index (χ1) is 9.47. The van der Waals surface area contributed by atoms with Crippen molar-refractivity contribution in [2.45, 2.75) is 72.6 Å². The first-order valence-corrected chi connectivity index (χ1v) is 9.22. The summed E-state index contributed by atoms with van der Waals surface area (Å²) in [5.41, 5.74) is 9.35. The van der Waals surface area contributed by atoms with Gasteiger partial charge in [-0.3, -0.25) is 0 Å². The van der Waals surface area contributed by atoms with E-state index in [0.717, 1.165) is 11.8 Å². The second kappa shape index (κ2) is 6.64. The predicted octanol–water partition coefficient (Wildman–Crippen LogP) is 6.29. The Morgan fingerprint density at radius 1 is 0.750 bits per heavy atom. The summed E-state index contributed by atoms with van der Waals surface area (Å²) in [5, 5.41) is 1.17. The molecule has 1 aliphatic carbocycles. The quantitative estimate of drug-likeness (QED) is 0.569. The Morgan fingerprint density at radius 2 is 1.20 bits per heavy atom. The van der Waals surface area contributed by atoms with Gasteiger partial charge in [-0.2, -0.15) is 0 Å². The number of halogens is 1. The maximum atomic E-state index is 3.60. The Kier molecular flexibility index (Phi) is 5.34. The molecule has 0 bridgehead atoms. The minimum absolute atomic E-state index is 0.805. The normalized spacial score (nSPS) is 23.1. The molecule has 1 aromatic carbocycles. The van der Waals surface area contributed by atoms with Gasteiger partial charge in [0.1, 0.15) is 0 Å². The molecule has 112 valence electrons. The Balaban J connectivity index is 2.26. The zero-order chi connectivity index (χ0) is 14.9. The van der Waals surface area contributed by atoms with Crippen molar-refractivity contribution < 1.29 is 0 Å². The van der Waals surface area contributed by atoms with Crippen LogP contribution in [-0.4, -0.2) is 5.33 Å². The van der Waals surface area contributed by atoms with Gasteiger partial charge in [0.05, 0.1) is 0 Å².